The molecule has 0 saturated heterocycles. The predicted octanol–water partition coefficient (Wildman–Crippen LogP) is 3.47. The Bertz CT molecular complexity index is 1300. The summed E-state index contributed by atoms with van der Waals surface area (Å²) in [5.41, 5.74) is 4.59. The number of benzene rings is 2. The summed E-state index contributed by atoms with van der Waals surface area (Å²) in [4.78, 5) is 30.3. The molecule has 0 amide bonds. The van der Waals surface area contributed by atoms with Crippen molar-refractivity contribution in [1.29, 1.82) is 0 Å². The van der Waals surface area contributed by atoms with Gasteiger partial charge in [-0.3, -0.25) is 9.59 Å². The van der Waals surface area contributed by atoms with Crippen LogP contribution in [0.15, 0.2) is 63.4 Å². The first-order valence-corrected chi connectivity index (χ1v) is 12.8. The number of sulfone groups is 1. The highest BCUT2D eigenvalue weighted by Crippen LogP contribution is 2.26. The summed E-state index contributed by atoms with van der Waals surface area (Å²) in [6, 6.07) is 14.4. The van der Waals surface area contributed by atoms with Crippen LogP contribution in [0, 0.1) is 0 Å². The van der Waals surface area contributed by atoms with Crippen LogP contribution >= 0.6 is 11.8 Å². The minimum atomic E-state index is -3.62. The monoisotopic (exact) mass is 470 g/mol. The van der Waals surface area contributed by atoms with Crippen molar-refractivity contribution in [3.8, 4) is 11.1 Å². The zero-order valence-corrected chi connectivity index (χ0v) is 18.8. The lowest BCUT2D eigenvalue weighted by molar-refractivity contribution is -0.136. The van der Waals surface area contributed by atoms with Crippen LogP contribution in [0.4, 0.5) is 0 Å². The molecule has 2 aromatic carbocycles. The number of aromatic amines is 1. The maximum absolute atomic E-state index is 12.2. The van der Waals surface area contributed by atoms with E-state index in [-0.39, 0.29) is 10.5 Å². The second kappa shape index (κ2) is 9.30. The Labute approximate surface area is 189 Å². The van der Waals surface area contributed by atoms with Crippen LogP contribution in [0.2, 0.25) is 0 Å². The molecule has 0 bridgehead atoms. The fourth-order valence-electron chi connectivity index (χ4n) is 3.63. The van der Waals surface area contributed by atoms with Gasteiger partial charge in [0, 0.05) is 11.3 Å². The van der Waals surface area contributed by atoms with Crippen molar-refractivity contribution in [3.63, 3.8) is 0 Å². The van der Waals surface area contributed by atoms with Crippen LogP contribution in [0.25, 0.3) is 11.1 Å². The fourth-order valence-corrected chi connectivity index (χ4v) is 5.69. The van der Waals surface area contributed by atoms with Crippen LogP contribution in [-0.2, 0) is 33.2 Å². The molecule has 9 heteroatoms. The maximum atomic E-state index is 12.2. The van der Waals surface area contributed by atoms with Crippen molar-refractivity contribution >= 4 is 27.6 Å². The summed E-state index contributed by atoms with van der Waals surface area (Å²) < 4.78 is 24.4. The Kier molecular flexibility index (Phi) is 6.48. The molecule has 0 fully saturated rings. The van der Waals surface area contributed by atoms with E-state index in [9.17, 15) is 18.0 Å². The summed E-state index contributed by atoms with van der Waals surface area (Å²) in [5, 5.41) is 9.34. The first-order chi connectivity index (χ1) is 15.3. The first-order valence-electron chi connectivity index (χ1n) is 10.2. The molecule has 1 aliphatic rings. The number of aliphatic carboxylic acids is 1. The van der Waals surface area contributed by atoms with Gasteiger partial charge in [-0.05, 0) is 48.1 Å². The minimum absolute atomic E-state index is 0.0289. The normalized spacial score (nSPS) is 13.1. The number of carboxylic acids is 1. The van der Waals surface area contributed by atoms with Crippen molar-refractivity contribution in [1.82, 2.24) is 9.97 Å². The summed E-state index contributed by atoms with van der Waals surface area (Å²) in [5.74, 6) is -0.886. The number of nitrogens with zero attached hydrogens (tertiary/aromatic N) is 1. The summed E-state index contributed by atoms with van der Waals surface area (Å²) >= 11 is 1.49. The van der Waals surface area contributed by atoms with Gasteiger partial charge in [0.1, 0.15) is 0 Å². The third kappa shape index (κ3) is 5.11. The predicted molar refractivity (Wildman–Crippen MR) is 123 cm³/mol. The first kappa shape index (κ1) is 22.3. The lowest BCUT2D eigenvalue weighted by Gasteiger charge is -2.07. The highest BCUT2D eigenvalue weighted by Gasteiger charge is 2.18. The Balaban J connectivity index is 1.41. The topological polar surface area (TPSA) is 117 Å². The molecule has 4 rings (SSSR count). The maximum Gasteiger partial charge on any atom is 0.304 e. The van der Waals surface area contributed by atoms with E-state index in [4.69, 9.17) is 5.11 Å². The minimum Gasteiger partial charge on any atom is -0.481 e. The summed E-state index contributed by atoms with van der Waals surface area (Å²) in [6.07, 6.45) is 2.23. The number of hydrogen-bond donors (Lipinski definition) is 2. The standard InChI is InChI=1S/C23H22N2O5S2/c26-21(27)12-13-32(29,30)18-10-8-17(9-11-18)16-6-4-15(5-7-16)14-31-23-24-20-3-1-2-19(20)22(28)25-23/h4-11H,1-3,12-14H2,(H,26,27)(H,24,25,28). The molecule has 166 valence electrons. The number of H-pyrrole nitrogens is 1. The zero-order valence-electron chi connectivity index (χ0n) is 17.2. The number of hydrogen-bond acceptors (Lipinski definition) is 6. The van der Waals surface area contributed by atoms with Gasteiger partial charge in [0.05, 0.1) is 22.8 Å². The SMILES string of the molecule is O=C(O)CCS(=O)(=O)c1ccc(-c2ccc(CSc3nc4c(c(=O)[nH]3)CCC4)cc2)cc1. The third-order valence-corrected chi connectivity index (χ3v) is 8.06. The Morgan fingerprint density at radius 3 is 2.34 bits per heavy atom. The van der Waals surface area contributed by atoms with E-state index >= 15 is 0 Å². The second-order valence-corrected chi connectivity index (χ2v) is 10.7. The van der Waals surface area contributed by atoms with Gasteiger partial charge in [0.25, 0.3) is 5.56 Å². The molecule has 0 unspecified atom stereocenters. The van der Waals surface area contributed by atoms with Gasteiger partial charge in [-0.15, -0.1) is 0 Å². The molecule has 0 saturated carbocycles. The Morgan fingerprint density at radius 1 is 1.03 bits per heavy atom. The van der Waals surface area contributed by atoms with Crippen molar-refractivity contribution < 1.29 is 18.3 Å². The Hall–Kier alpha value is -2.91. The van der Waals surface area contributed by atoms with E-state index in [1.165, 1.54) is 23.9 Å². The highest BCUT2D eigenvalue weighted by molar-refractivity contribution is 7.98. The Morgan fingerprint density at radius 2 is 1.69 bits per heavy atom. The van der Waals surface area contributed by atoms with E-state index in [2.05, 4.69) is 9.97 Å². The number of nitrogens with one attached hydrogen (secondary N) is 1. The van der Waals surface area contributed by atoms with Crippen LogP contribution < -0.4 is 5.56 Å². The zero-order chi connectivity index (χ0) is 22.7. The van der Waals surface area contributed by atoms with Crippen LogP contribution in [0.3, 0.4) is 0 Å². The van der Waals surface area contributed by atoms with Crippen LogP contribution in [0.5, 0.6) is 0 Å². The number of fused-ring (bicyclic) bond motifs is 1. The number of carbonyl (C=O) groups is 1. The summed E-state index contributed by atoms with van der Waals surface area (Å²) in [6.45, 7) is 0. The molecule has 0 spiro atoms. The molecule has 1 aliphatic carbocycles. The van der Waals surface area contributed by atoms with E-state index in [1.807, 2.05) is 24.3 Å². The molecule has 7 nitrogen and oxygen atoms in total. The van der Waals surface area contributed by atoms with E-state index in [0.29, 0.717) is 10.9 Å². The molecule has 0 radical (unpaired) electrons. The molecule has 0 aliphatic heterocycles. The van der Waals surface area contributed by atoms with Crippen molar-refractivity contribution in [2.75, 3.05) is 5.75 Å². The largest absolute Gasteiger partial charge is 0.481 e. The quantitative estimate of drug-likeness (QED) is 0.382. The average molecular weight is 471 g/mol. The highest BCUT2D eigenvalue weighted by atomic mass is 32.2. The van der Waals surface area contributed by atoms with Gasteiger partial charge in [-0.1, -0.05) is 48.2 Å². The lowest BCUT2D eigenvalue weighted by atomic mass is 10.0. The molecular formula is C23H22N2O5S2. The van der Waals surface area contributed by atoms with Gasteiger partial charge < -0.3 is 10.1 Å². The molecule has 1 aromatic heterocycles. The van der Waals surface area contributed by atoms with Crippen LogP contribution in [0.1, 0.15) is 29.7 Å². The van der Waals surface area contributed by atoms with Crippen molar-refractivity contribution in [2.24, 2.45) is 0 Å². The summed E-state index contributed by atoms with van der Waals surface area (Å²) in [7, 11) is -3.62. The number of carboxylic acid groups (broad SMARTS) is 1. The van der Waals surface area contributed by atoms with E-state index in [0.717, 1.165) is 47.2 Å². The van der Waals surface area contributed by atoms with Crippen molar-refractivity contribution in [3.05, 3.63) is 75.7 Å². The van der Waals surface area contributed by atoms with Gasteiger partial charge in [0.2, 0.25) is 0 Å². The lowest BCUT2D eigenvalue weighted by Crippen LogP contribution is -2.14. The number of rotatable bonds is 8. The van der Waals surface area contributed by atoms with Gasteiger partial charge in [-0.25, -0.2) is 13.4 Å². The van der Waals surface area contributed by atoms with E-state index in [1.54, 1.807) is 12.1 Å². The fraction of sp³-hybridized carbons (Fsp3) is 0.261. The molecular weight excluding hydrogens is 448 g/mol. The molecule has 32 heavy (non-hydrogen) atoms. The number of aryl methyl sites for hydroxylation is 1. The van der Waals surface area contributed by atoms with Gasteiger partial charge in [0.15, 0.2) is 15.0 Å². The number of thioether (sulfide) groups is 1. The van der Waals surface area contributed by atoms with E-state index < -0.39 is 28.0 Å². The smallest absolute Gasteiger partial charge is 0.304 e. The van der Waals surface area contributed by atoms with Gasteiger partial charge >= 0.3 is 5.97 Å². The average Bonchev–Trinajstić information content (AvgIpc) is 3.26. The second-order valence-electron chi connectivity index (χ2n) is 7.62. The molecule has 3 aromatic rings. The van der Waals surface area contributed by atoms with Crippen molar-refractivity contribution in [2.45, 2.75) is 41.5 Å². The van der Waals surface area contributed by atoms with Gasteiger partial charge in [-0.2, -0.15) is 0 Å². The molecule has 0 atom stereocenters. The third-order valence-electron chi connectivity index (χ3n) is 5.38. The van der Waals surface area contributed by atoms with Crippen LogP contribution in [-0.4, -0.2) is 35.2 Å². The number of aromatic nitrogens is 2. The molecule has 1 heterocycles. The molecule has 2 N–H and O–H groups in total.